The number of fused-ring (bicyclic) bond motifs is 3. The van der Waals surface area contributed by atoms with Gasteiger partial charge in [-0.25, -0.2) is 9.18 Å². The van der Waals surface area contributed by atoms with Gasteiger partial charge in [0.05, 0.1) is 18.4 Å². The summed E-state index contributed by atoms with van der Waals surface area (Å²) in [5.74, 6) is -1.84. The number of carbonyl (C=O) groups excluding carboxylic acids is 3. The highest BCUT2D eigenvalue weighted by Gasteiger charge is 2.60. The quantitative estimate of drug-likeness (QED) is 0.740. The molecule has 4 rings (SSSR count). The molecular weight excluding hydrogens is 379 g/mol. The third kappa shape index (κ3) is 2.74. The Bertz CT molecular complexity index is 1020. The number of benzene rings is 2. The topological polar surface area (TPSA) is 76.1 Å². The van der Waals surface area contributed by atoms with Crippen molar-refractivity contribution in [1.82, 2.24) is 4.90 Å². The van der Waals surface area contributed by atoms with Gasteiger partial charge in [0.15, 0.2) is 11.6 Å². The van der Waals surface area contributed by atoms with E-state index in [9.17, 15) is 18.8 Å². The summed E-state index contributed by atoms with van der Waals surface area (Å²) in [5, 5.41) is 0. The number of esters is 1. The number of para-hydroxylation sites is 1. The summed E-state index contributed by atoms with van der Waals surface area (Å²) in [6.07, 6.45) is 0.233. The number of anilines is 1. The smallest absolute Gasteiger partial charge is 0.354 e. The van der Waals surface area contributed by atoms with Crippen LogP contribution in [0.25, 0.3) is 0 Å². The molecule has 8 heteroatoms. The van der Waals surface area contributed by atoms with Crippen LogP contribution in [0.3, 0.4) is 0 Å². The number of ether oxygens (including phenoxy) is 2. The highest BCUT2D eigenvalue weighted by molar-refractivity contribution is 6.15. The van der Waals surface area contributed by atoms with Crippen molar-refractivity contribution >= 4 is 23.5 Å². The molecular formula is C21H19FN2O5. The minimum Gasteiger partial charge on any atom is -0.494 e. The number of likely N-dealkylation sites (N-methyl/N-ethyl adjacent to an activating group) is 1. The van der Waals surface area contributed by atoms with Gasteiger partial charge < -0.3 is 14.4 Å². The average Bonchev–Trinajstić information content (AvgIpc) is 3.09. The van der Waals surface area contributed by atoms with Gasteiger partial charge in [0.2, 0.25) is 11.6 Å². The fourth-order valence-corrected chi connectivity index (χ4v) is 3.96. The molecule has 0 radical (unpaired) electrons. The van der Waals surface area contributed by atoms with Crippen molar-refractivity contribution < 1.29 is 28.2 Å². The van der Waals surface area contributed by atoms with Crippen molar-refractivity contribution in [3.63, 3.8) is 0 Å². The van der Waals surface area contributed by atoms with Crippen LogP contribution in [0.15, 0.2) is 42.5 Å². The molecule has 2 aromatic carbocycles. The molecule has 7 nitrogen and oxygen atoms in total. The highest BCUT2D eigenvalue weighted by Crippen LogP contribution is 2.44. The molecule has 0 bridgehead atoms. The molecule has 2 amide bonds. The van der Waals surface area contributed by atoms with Crippen molar-refractivity contribution in [3.05, 3.63) is 59.4 Å². The minimum atomic E-state index is -1.55. The van der Waals surface area contributed by atoms with Gasteiger partial charge in [-0.15, -0.1) is 0 Å². The lowest BCUT2D eigenvalue weighted by Crippen LogP contribution is -2.67. The van der Waals surface area contributed by atoms with Gasteiger partial charge >= 0.3 is 5.97 Å². The fourth-order valence-electron chi connectivity index (χ4n) is 3.96. The molecule has 2 aliphatic heterocycles. The van der Waals surface area contributed by atoms with Crippen LogP contribution in [0.1, 0.15) is 28.8 Å². The zero-order chi connectivity index (χ0) is 20.8. The molecule has 0 spiro atoms. The van der Waals surface area contributed by atoms with Crippen LogP contribution in [-0.4, -0.2) is 42.5 Å². The maximum atomic E-state index is 13.9. The molecule has 0 saturated carbocycles. The Labute approximate surface area is 166 Å². The van der Waals surface area contributed by atoms with Gasteiger partial charge in [-0.2, -0.15) is 0 Å². The van der Waals surface area contributed by atoms with Gasteiger partial charge in [-0.3, -0.25) is 14.5 Å². The summed E-state index contributed by atoms with van der Waals surface area (Å²) in [4.78, 5) is 41.3. The maximum Gasteiger partial charge on any atom is 0.354 e. The second-order valence-corrected chi connectivity index (χ2v) is 6.97. The first kappa shape index (κ1) is 18.9. The summed E-state index contributed by atoms with van der Waals surface area (Å²) in [5.41, 5.74) is -0.376. The maximum absolute atomic E-state index is 13.9. The van der Waals surface area contributed by atoms with Crippen molar-refractivity contribution in [2.75, 3.05) is 19.1 Å². The number of nitrogens with zero attached hydrogens (tertiary/aromatic N) is 2. The second kappa shape index (κ2) is 6.88. The molecule has 0 N–H and O–H groups in total. The molecule has 0 aromatic heterocycles. The Balaban J connectivity index is 1.65. The summed E-state index contributed by atoms with van der Waals surface area (Å²) in [7, 11) is 2.84. The van der Waals surface area contributed by atoms with E-state index in [-0.39, 0.29) is 37.0 Å². The van der Waals surface area contributed by atoms with Crippen LogP contribution < -0.4 is 9.64 Å². The van der Waals surface area contributed by atoms with E-state index in [1.165, 1.54) is 36.1 Å². The standard InChI is InChI=1S/C21H19FN2O5/c1-23-19(26)14-5-3-4-6-16(14)24-18(25)9-10-21(23,24)20(27)29-12-13-7-8-17(28-2)15(22)11-13/h3-8,11H,9-10,12H2,1-2H3/t21-/m0/s1. The molecule has 1 fully saturated rings. The molecule has 29 heavy (non-hydrogen) atoms. The molecule has 0 aliphatic carbocycles. The summed E-state index contributed by atoms with van der Waals surface area (Å²) in [6.45, 7) is -0.201. The van der Waals surface area contributed by atoms with Gasteiger partial charge in [0.25, 0.3) is 5.91 Å². The molecule has 1 saturated heterocycles. The van der Waals surface area contributed by atoms with Crippen LogP contribution in [0.2, 0.25) is 0 Å². The molecule has 1 atom stereocenters. The number of carbonyl (C=O) groups is 3. The summed E-state index contributed by atoms with van der Waals surface area (Å²) < 4.78 is 24.2. The number of halogens is 1. The van der Waals surface area contributed by atoms with Gasteiger partial charge in [-0.05, 0) is 29.8 Å². The van der Waals surface area contributed by atoms with Gasteiger partial charge in [-0.1, -0.05) is 18.2 Å². The largest absolute Gasteiger partial charge is 0.494 e. The second-order valence-electron chi connectivity index (χ2n) is 6.97. The van der Waals surface area contributed by atoms with Crippen molar-refractivity contribution in [2.24, 2.45) is 0 Å². The molecule has 0 unspecified atom stereocenters. The Morgan fingerprint density at radius 1 is 1.21 bits per heavy atom. The van der Waals surface area contributed by atoms with Crippen LogP contribution in [-0.2, 0) is 20.9 Å². The van der Waals surface area contributed by atoms with Crippen LogP contribution >= 0.6 is 0 Å². The van der Waals surface area contributed by atoms with Crippen molar-refractivity contribution in [1.29, 1.82) is 0 Å². The number of hydrogen-bond acceptors (Lipinski definition) is 5. The first-order valence-electron chi connectivity index (χ1n) is 9.10. The highest BCUT2D eigenvalue weighted by atomic mass is 19.1. The van der Waals surface area contributed by atoms with Crippen LogP contribution in [0.4, 0.5) is 10.1 Å². The summed E-state index contributed by atoms with van der Waals surface area (Å²) >= 11 is 0. The lowest BCUT2D eigenvalue weighted by molar-refractivity contribution is -0.157. The van der Waals surface area contributed by atoms with Crippen LogP contribution in [0, 0.1) is 5.82 Å². The number of hydrogen-bond donors (Lipinski definition) is 0. The molecule has 2 aliphatic rings. The third-order valence-electron chi connectivity index (χ3n) is 5.45. The molecule has 150 valence electrons. The van der Waals surface area contributed by atoms with Gasteiger partial charge in [0.1, 0.15) is 6.61 Å². The van der Waals surface area contributed by atoms with E-state index in [4.69, 9.17) is 9.47 Å². The lowest BCUT2D eigenvalue weighted by Gasteiger charge is -2.46. The first-order valence-corrected chi connectivity index (χ1v) is 9.10. The van der Waals surface area contributed by atoms with Crippen molar-refractivity contribution in [3.8, 4) is 5.75 Å². The number of amides is 2. The zero-order valence-electron chi connectivity index (χ0n) is 16.0. The average molecular weight is 398 g/mol. The van der Waals surface area contributed by atoms with E-state index < -0.39 is 17.4 Å². The monoisotopic (exact) mass is 398 g/mol. The first-order chi connectivity index (χ1) is 13.9. The number of methoxy groups -OCH3 is 1. The zero-order valence-corrected chi connectivity index (χ0v) is 16.0. The lowest BCUT2D eigenvalue weighted by atomic mass is 9.97. The molecule has 2 aromatic rings. The van der Waals surface area contributed by atoms with Gasteiger partial charge in [0, 0.05) is 19.9 Å². The predicted octanol–water partition coefficient (Wildman–Crippen LogP) is 2.49. The van der Waals surface area contributed by atoms with E-state index in [1.54, 1.807) is 30.3 Å². The third-order valence-corrected chi connectivity index (χ3v) is 5.45. The molecule has 2 heterocycles. The SMILES string of the molecule is COc1ccc(COC(=O)[C@]23CCC(=O)N2c2ccccc2C(=O)N3C)cc1F. The van der Waals surface area contributed by atoms with E-state index in [2.05, 4.69) is 0 Å². The summed E-state index contributed by atoms with van der Waals surface area (Å²) in [6, 6.07) is 10.9. The minimum absolute atomic E-state index is 0.0838. The predicted molar refractivity (Wildman–Crippen MR) is 101 cm³/mol. The van der Waals surface area contributed by atoms with E-state index in [0.29, 0.717) is 16.8 Å². The van der Waals surface area contributed by atoms with E-state index in [0.717, 1.165) is 0 Å². The fraction of sp³-hybridized carbons (Fsp3) is 0.286. The normalized spacial score (nSPS) is 20.4. The van der Waals surface area contributed by atoms with Crippen molar-refractivity contribution in [2.45, 2.75) is 25.1 Å². The Hall–Kier alpha value is -3.42. The van der Waals surface area contributed by atoms with E-state index >= 15 is 0 Å². The number of rotatable bonds is 4. The Morgan fingerprint density at radius 3 is 2.69 bits per heavy atom. The Morgan fingerprint density at radius 2 is 1.97 bits per heavy atom. The van der Waals surface area contributed by atoms with E-state index in [1.807, 2.05) is 0 Å². The Kier molecular flexibility index (Phi) is 4.49. The van der Waals surface area contributed by atoms with Crippen LogP contribution in [0.5, 0.6) is 5.75 Å².